The molecule has 3 nitrogen and oxygen atoms in total. The Bertz CT molecular complexity index is 2320. The van der Waals surface area contributed by atoms with E-state index < -0.39 is 0 Å². The lowest BCUT2D eigenvalue weighted by atomic mass is 9.34. The molecule has 3 heterocycles. The number of nitrogens with zero attached hydrogens (tertiary/aromatic N) is 2. The van der Waals surface area contributed by atoms with Crippen molar-refractivity contribution in [3.63, 3.8) is 0 Å². The zero-order valence-electron chi connectivity index (χ0n) is 23.0. The molecule has 6 aromatic carbocycles. The monoisotopic (exact) mass is 533 g/mol. The van der Waals surface area contributed by atoms with E-state index in [0.717, 1.165) is 22.5 Å². The average Bonchev–Trinajstić information content (AvgIpc) is 3.38. The van der Waals surface area contributed by atoms with E-state index in [9.17, 15) is 0 Å². The number of hydrogen-bond donors (Lipinski definition) is 1. The van der Waals surface area contributed by atoms with Gasteiger partial charge in [0.25, 0.3) is 6.71 Å². The molecule has 194 valence electrons. The summed E-state index contributed by atoms with van der Waals surface area (Å²) in [6.07, 6.45) is 0. The third-order valence-corrected chi connectivity index (χ3v) is 9.16. The van der Waals surface area contributed by atoms with Crippen LogP contribution < -0.4 is 21.7 Å². The summed E-state index contributed by atoms with van der Waals surface area (Å²) in [4.78, 5) is 3.88. The van der Waals surface area contributed by atoms with E-state index in [1.807, 2.05) is 18.2 Å². The second kappa shape index (κ2) is 8.49. The molecule has 1 aromatic heterocycles. The van der Waals surface area contributed by atoms with Crippen molar-refractivity contribution in [3.05, 3.63) is 138 Å². The summed E-state index contributed by atoms with van der Waals surface area (Å²) in [6.45, 7) is 10.1. The summed E-state index contributed by atoms with van der Waals surface area (Å²) in [6, 6.07) is 43.4. The zero-order valence-corrected chi connectivity index (χ0v) is 23.0. The van der Waals surface area contributed by atoms with Crippen LogP contribution in [-0.4, -0.2) is 11.3 Å². The maximum atomic E-state index is 7.88. The first-order chi connectivity index (χ1) is 20.7. The van der Waals surface area contributed by atoms with Crippen molar-refractivity contribution in [3.8, 4) is 27.9 Å². The molecule has 0 bridgehead atoms. The van der Waals surface area contributed by atoms with Crippen LogP contribution in [0.3, 0.4) is 0 Å². The molecule has 2 aliphatic rings. The van der Waals surface area contributed by atoms with E-state index in [1.54, 1.807) is 0 Å². The number of nitrogens with one attached hydrogen (secondary N) is 1. The number of anilines is 2. The van der Waals surface area contributed by atoms with Gasteiger partial charge in [-0.3, -0.25) is 0 Å². The number of benzene rings is 6. The second-order valence-corrected chi connectivity index (χ2v) is 11.3. The Labute approximate surface area is 244 Å². The highest BCUT2D eigenvalue weighted by Gasteiger charge is 2.40. The average molecular weight is 533 g/mol. The minimum atomic E-state index is 0.0842. The Morgan fingerprint density at radius 3 is 2.29 bits per heavy atom. The third-order valence-electron chi connectivity index (χ3n) is 9.16. The highest BCUT2D eigenvalue weighted by molar-refractivity contribution is 7.00. The van der Waals surface area contributed by atoms with E-state index in [0.29, 0.717) is 5.69 Å². The molecule has 9 rings (SSSR count). The van der Waals surface area contributed by atoms with Crippen LogP contribution in [0.2, 0.25) is 0 Å². The molecule has 2 aliphatic heterocycles. The van der Waals surface area contributed by atoms with Gasteiger partial charge in [-0.15, -0.1) is 0 Å². The van der Waals surface area contributed by atoms with Gasteiger partial charge >= 0.3 is 0 Å². The first kappa shape index (κ1) is 23.2. The lowest BCUT2D eigenvalue weighted by Crippen LogP contribution is -2.59. The van der Waals surface area contributed by atoms with Crippen LogP contribution in [-0.2, 0) is 0 Å². The van der Waals surface area contributed by atoms with Crippen molar-refractivity contribution in [1.29, 1.82) is 0 Å². The summed E-state index contributed by atoms with van der Waals surface area (Å²) in [5.41, 5.74) is 16.2. The van der Waals surface area contributed by atoms with Crippen molar-refractivity contribution >= 4 is 62.0 Å². The Kier molecular flexibility index (Phi) is 4.69. The molecule has 0 radical (unpaired) electrons. The number of fused-ring (bicyclic) bond motifs is 7. The van der Waals surface area contributed by atoms with Crippen molar-refractivity contribution in [2.45, 2.75) is 6.92 Å². The Hall–Kier alpha value is -5.53. The number of rotatable bonds is 2. The molecule has 0 aliphatic carbocycles. The van der Waals surface area contributed by atoms with Gasteiger partial charge in [-0.05, 0) is 63.8 Å². The number of hydrogen-bond acceptors (Lipinski definition) is 1. The lowest BCUT2D eigenvalue weighted by Gasteiger charge is -2.35. The molecule has 0 saturated carbocycles. The van der Waals surface area contributed by atoms with Gasteiger partial charge in [-0.25, -0.2) is 4.85 Å². The van der Waals surface area contributed by atoms with E-state index in [-0.39, 0.29) is 6.71 Å². The number of para-hydroxylation sites is 4. The largest absolute Gasteiger partial charge is 0.356 e. The minimum Gasteiger partial charge on any atom is -0.356 e. The van der Waals surface area contributed by atoms with Crippen LogP contribution in [0.1, 0.15) is 5.56 Å². The lowest BCUT2D eigenvalue weighted by molar-refractivity contribution is 1.19. The standard InChI is InChI=1S/C38H24BN3/c1-23-11-3-4-12-25(23)28-15-9-17-30-37(28)41-33-21-24(26-13-5-7-19-32(26)40-2)22-35-36(33)39(30)31-18-10-16-29-27-14-6-8-20-34(27)42(35)38(29)31/h3-22,41H,1H3. The molecule has 0 fully saturated rings. The van der Waals surface area contributed by atoms with E-state index in [4.69, 9.17) is 6.57 Å². The van der Waals surface area contributed by atoms with Crippen LogP contribution in [0, 0.1) is 13.5 Å². The molecule has 1 N–H and O–H groups in total. The molecular weight excluding hydrogens is 509 g/mol. The summed E-state index contributed by atoms with van der Waals surface area (Å²) >= 11 is 0. The first-order valence-electron chi connectivity index (χ1n) is 14.4. The normalized spacial score (nSPS) is 12.5. The van der Waals surface area contributed by atoms with Crippen molar-refractivity contribution < 1.29 is 0 Å². The van der Waals surface area contributed by atoms with E-state index >= 15 is 0 Å². The molecule has 7 aromatic rings. The summed E-state index contributed by atoms with van der Waals surface area (Å²) < 4.78 is 2.46. The molecule has 0 unspecified atom stereocenters. The fourth-order valence-electron chi connectivity index (χ4n) is 7.39. The van der Waals surface area contributed by atoms with Crippen molar-refractivity contribution in [2.24, 2.45) is 0 Å². The van der Waals surface area contributed by atoms with Crippen LogP contribution in [0.25, 0.3) is 54.6 Å². The molecule has 0 saturated heterocycles. The SMILES string of the molecule is [C-]#[N+]c1ccccc1-c1cc2c3c(c1)-n1c4ccccc4c4cccc(c41)B3c1cccc(-c3ccccc3C)c1N2. The van der Waals surface area contributed by atoms with Crippen LogP contribution in [0.15, 0.2) is 121 Å². The fourth-order valence-corrected chi connectivity index (χ4v) is 7.39. The van der Waals surface area contributed by atoms with Crippen molar-refractivity contribution in [1.82, 2.24) is 4.57 Å². The Balaban J connectivity index is 1.44. The highest BCUT2D eigenvalue weighted by atomic mass is 15.0. The quantitative estimate of drug-likeness (QED) is 0.177. The van der Waals surface area contributed by atoms with Gasteiger partial charge in [-0.1, -0.05) is 103 Å². The predicted octanol–water partition coefficient (Wildman–Crippen LogP) is 7.86. The Morgan fingerprint density at radius 1 is 0.690 bits per heavy atom. The summed E-state index contributed by atoms with van der Waals surface area (Å²) in [7, 11) is 0. The van der Waals surface area contributed by atoms with Gasteiger partial charge in [0, 0.05) is 38.9 Å². The maximum absolute atomic E-state index is 7.88. The molecule has 4 heteroatoms. The van der Waals surface area contributed by atoms with Gasteiger partial charge in [0.05, 0.1) is 12.1 Å². The van der Waals surface area contributed by atoms with E-state index in [2.05, 4.69) is 125 Å². The maximum Gasteiger partial charge on any atom is 0.252 e. The highest BCUT2D eigenvalue weighted by Crippen LogP contribution is 2.41. The fraction of sp³-hybridized carbons (Fsp3) is 0.0263. The van der Waals surface area contributed by atoms with Crippen molar-refractivity contribution in [2.75, 3.05) is 5.32 Å². The molecule has 0 spiro atoms. The molecular formula is C38H24BN3. The number of aromatic nitrogens is 1. The smallest absolute Gasteiger partial charge is 0.252 e. The minimum absolute atomic E-state index is 0.0842. The summed E-state index contributed by atoms with van der Waals surface area (Å²) in [5.74, 6) is 0. The van der Waals surface area contributed by atoms with E-state index in [1.165, 1.54) is 60.6 Å². The van der Waals surface area contributed by atoms with Gasteiger partial charge < -0.3 is 9.88 Å². The number of aryl methyl sites for hydroxylation is 1. The predicted molar refractivity (Wildman–Crippen MR) is 177 cm³/mol. The van der Waals surface area contributed by atoms with Gasteiger partial charge in [0.1, 0.15) is 0 Å². The molecule has 0 amide bonds. The first-order valence-corrected chi connectivity index (χ1v) is 14.4. The zero-order chi connectivity index (χ0) is 27.9. The van der Waals surface area contributed by atoms with Crippen LogP contribution in [0.5, 0.6) is 0 Å². The Morgan fingerprint density at radius 2 is 1.40 bits per heavy atom. The molecule has 0 atom stereocenters. The summed E-state index contributed by atoms with van der Waals surface area (Å²) in [5, 5.41) is 6.47. The van der Waals surface area contributed by atoms with Crippen LogP contribution >= 0.6 is 0 Å². The van der Waals surface area contributed by atoms with Crippen LogP contribution in [0.4, 0.5) is 17.1 Å². The molecule has 42 heavy (non-hydrogen) atoms. The van der Waals surface area contributed by atoms with Gasteiger partial charge in [0.2, 0.25) is 0 Å². The topological polar surface area (TPSA) is 21.3 Å². The second-order valence-electron chi connectivity index (χ2n) is 11.3. The van der Waals surface area contributed by atoms with Gasteiger partial charge in [0.15, 0.2) is 5.69 Å². The van der Waals surface area contributed by atoms with Gasteiger partial charge in [-0.2, -0.15) is 0 Å². The third kappa shape index (κ3) is 3.00.